The molecule has 0 saturated heterocycles. The van der Waals surface area contributed by atoms with Crippen molar-refractivity contribution in [1.82, 2.24) is 15.1 Å². The Morgan fingerprint density at radius 3 is 2.85 bits per heavy atom. The first kappa shape index (κ1) is 19.2. The first-order chi connectivity index (χ1) is 12.4. The van der Waals surface area contributed by atoms with Gasteiger partial charge in [0.05, 0.1) is 19.3 Å². The van der Waals surface area contributed by atoms with Crippen LogP contribution < -0.4 is 15.8 Å². The van der Waals surface area contributed by atoms with Gasteiger partial charge in [0.2, 0.25) is 5.88 Å². The maximum absolute atomic E-state index is 13.0. The second kappa shape index (κ2) is 7.99. The van der Waals surface area contributed by atoms with Crippen LogP contribution in [0.25, 0.3) is 0 Å². The van der Waals surface area contributed by atoms with Crippen molar-refractivity contribution < 1.29 is 9.53 Å². The Hall–Kier alpha value is -1.56. The van der Waals surface area contributed by atoms with Crippen molar-refractivity contribution in [3.05, 3.63) is 11.8 Å². The van der Waals surface area contributed by atoms with Crippen LogP contribution in [0.15, 0.2) is 6.20 Å². The van der Waals surface area contributed by atoms with E-state index in [1.54, 1.807) is 10.9 Å². The molecule has 5 atom stereocenters. The van der Waals surface area contributed by atoms with Crippen LogP contribution in [0.1, 0.15) is 57.3 Å². The Morgan fingerprint density at radius 1 is 1.38 bits per heavy atom. The minimum Gasteiger partial charge on any atom is -0.477 e. The summed E-state index contributed by atoms with van der Waals surface area (Å²) >= 11 is 0. The van der Waals surface area contributed by atoms with Crippen LogP contribution in [0, 0.1) is 29.6 Å². The van der Waals surface area contributed by atoms with Gasteiger partial charge < -0.3 is 15.8 Å². The SMILES string of the molecule is CC(C)COc1c(C(=O)NC2C(C)CC(C)CC3CC32)cnn1CCN. The van der Waals surface area contributed by atoms with Crippen molar-refractivity contribution >= 4 is 5.91 Å². The van der Waals surface area contributed by atoms with E-state index in [1.807, 2.05) is 0 Å². The summed E-state index contributed by atoms with van der Waals surface area (Å²) < 4.78 is 7.63. The molecule has 2 aliphatic rings. The number of nitrogens with two attached hydrogens (primary N) is 1. The zero-order valence-corrected chi connectivity index (χ0v) is 16.6. The van der Waals surface area contributed by atoms with Crippen LogP contribution in [-0.2, 0) is 6.54 Å². The van der Waals surface area contributed by atoms with Crippen molar-refractivity contribution in [3.63, 3.8) is 0 Å². The fraction of sp³-hybridized carbons (Fsp3) is 0.800. The van der Waals surface area contributed by atoms with E-state index in [0.717, 1.165) is 11.8 Å². The minimum atomic E-state index is -0.0657. The van der Waals surface area contributed by atoms with Crippen molar-refractivity contribution in [1.29, 1.82) is 0 Å². The van der Waals surface area contributed by atoms with Gasteiger partial charge in [-0.3, -0.25) is 4.79 Å². The van der Waals surface area contributed by atoms with Crippen LogP contribution in [-0.4, -0.2) is 34.9 Å². The highest BCUT2D eigenvalue weighted by Crippen LogP contribution is 2.51. The Labute approximate surface area is 156 Å². The zero-order chi connectivity index (χ0) is 18.8. The molecule has 6 nitrogen and oxygen atoms in total. The molecule has 0 aromatic carbocycles. The number of ether oxygens (including phenoxy) is 1. The first-order valence-electron chi connectivity index (χ1n) is 10.1. The number of nitrogens with one attached hydrogen (secondary N) is 1. The lowest BCUT2D eigenvalue weighted by Crippen LogP contribution is -2.41. The predicted octanol–water partition coefficient (Wildman–Crippen LogP) is 2.68. The summed E-state index contributed by atoms with van der Waals surface area (Å²) in [7, 11) is 0. The summed E-state index contributed by atoms with van der Waals surface area (Å²) in [5.74, 6) is 3.54. The molecule has 1 heterocycles. The number of amides is 1. The first-order valence-corrected chi connectivity index (χ1v) is 10.1. The number of fused-ring (bicyclic) bond motifs is 1. The highest BCUT2D eigenvalue weighted by Gasteiger charge is 2.48. The Bertz CT molecular complexity index is 627. The fourth-order valence-corrected chi connectivity index (χ4v) is 4.49. The number of nitrogens with zero attached hydrogens (tertiary/aromatic N) is 2. The molecule has 2 saturated carbocycles. The topological polar surface area (TPSA) is 82.2 Å². The van der Waals surface area contributed by atoms with Crippen LogP contribution in [0.5, 0.6) is 5.88 Å². The molecule has 0 aliphatic heterocycles. The lowest BCUT2D eigenvalue weighted by molar-refractivity contribution is 0.0908. The summed E-state index contributed by atoms with van der Waals surface area (Å²) in [5.41, 5.74) is 6.20. The van der Waals surface area contributed by atoms with Gasteiger partial charge in [-0.2, -0.15) is 5.10 Å². The minimum absolute atomic E-state index is 0.0657. The normalized spacial score (nSPS) is 30.6. The summed E-state index contributed by atoms with van der Waals surface area (Å²) in [6.07, 6.45) is 5.36. The van der Waals surface area contributed by atoms with Gasteiger partial charge in [0, 0.05) is 12.6 Å². The van der Waals surface area contributed by atoms with Gasteiger partial charge in [0.15, 0.2) is 0 Å². The van der Waals surface area contributed by atoms with E-state index in [0.29, 0.717) is 48.9 Å². The van der Waals surface area contributed by atoms with Gasteiger partial charge in [0.1, 0.15) is 5.56 Å². The van der Waals surface area contributed by atoms with Crippen LogP contribution >= 0.6 is 0 Å². The molecule has 26 heavy (non-hydrogen) atoms. The predicted molar refractivity (Wildman–Crippen MR) is 102 cm³/mol. The molecule has 0 bridgehead atoms. The van der Waals surface area contributed by atoms with Crippen molar-refractivity contribution in [2.24, 2.45) is 35.3 Å². The largest absolute Gasteiger partial charge is 0.477 e. The molecule has 5 unspecified atom stereocenters. The number of rotatable bonds is 7. The molecule has 2 fully saturated rings. The number of aromatic nitrogens is 2. The van der Waals surface area contributed by atoms with Crippen molar-refractivity contribution in [2.75, 3.05) is 13.2 Å². The summed E-state index contributed by atoms with van der Waals surface area (Å²) in [4.78, 5) is 13.0. The summed E-state index contributed by atoms with van der Waals surface area (Å²) in [6.45, 7) is 10.3. The van der Waals surface area contributed by atoms with Crippen LogP contribution in [0.3, 0.4) is 0 Å². The third-order valence-corrected chi connectivity index (χ3v) is 5.76. The standard InChI is InChI=1S/C20H34N4O2/c1-12(2)11-26-20-17(10-22-24(20)6-5-21)19(25)23-18-14(4)7-13(3)8-15-9-16(15)18/h10,12-16,18H,5-9,11,21H2,1-4H3,(H,23,25). The van der Waals surface area contributed by atoms with E-state index in [9.17, 15) is 4.79 Å². The lowest BCUT2D eigenvalue weighted by atomic mass is 9.90. The summed E-state index contributed by atoms with van der Waals surface area (Å²) in [5, 5.41) is 7.64. The Morgan fingerprint density at radius 2 is 2.15 bits per heavy atom. The van der Waals surface area contributed by atoms with Crippen molar-refractivity contribution in [3.8, 4) is 5.88 Å². The molecule has 146 valence electrons. The van der Waals surface area contributed by atoms with E-state index in [2.05, 4.69) is 38.1 Å². The highest BCUT2D eigenvalue weighted by atomic mass is 16.5. The van der Waals surface area contributed by atoms with E-state index >= 15 is 0 Å². The maximum Gasteiger partial charge on any atom is 0.258 e. The molecule has 3 rings (SSSR count). The molecule has 1 aromatic rings. The molecule has 1 amide bonds. The number of carbonyl (C=O) groups excluding carboxylic acids is 1. The molecule has 6 heteroatoms. The van der Waals surface area contributed by atoms with Crippen LogP contribution in [0.2, 0.25) is 0 Å². The van der Waals surface area contributed by atoms with Gasteiger partial charge in [-0.1, -0.05) is 27.7 Å². The van der Waals surface area contributed by atoms with Crippen molar-refractivity contribution in [2.45, 2.75) is 59.5 Å². The highest BCUT2D eigenvalue weighted by molar-refractivity contribution is 5.96. The van der Waals surface area contributed by atoms with E-state index in [4.69, 9.17) is 10.5 Å². The Balaban J connectivity index is 1.74. The monoisotopic (exact) mass is 362 g/mol. The maximum atomic E-state index is 13.0. The second-order valence-electron chi connectivity index (χ2n) is 8.79. The molecule has 2 aliphatic carbocycles. The fourth-order valence-electron chi connectivity index (χ4n) is 4.49. The molecular weight excluding hydrogens is 328 g/mol. The van der Waals surface area contributed by atoms with Gasteiger partial charge in [-0.25, -0.2) is 4.68 Å². The molecule has 3 N–H and O–H groups in total. The number of hydrogen-bond acceptors (Lipinski definition) is 4. The third-order valence-electron chi connectivity index (χ3n) is 5.76. The molecular formula is C20H34N4O2. The van der Waals surface area contributed by atoms with E-state index in [1.165, 1.54) is 19.3 Å². The quantitative estimate of drug-likeness (QED) is 0.781. The second-order valence-corrected chi connectivity index (χ2v) is 8.79. The smallest absolute Gasteiger partial charge is 0.258 e. The van der Waals surface area contributed by atoms with E-state index < -0.39 is 0 Å². The average molecular weight is 363 g/mol. The molecule has 0 radical (unpaired) electrons. The van der Waals surface area contributed by atoms with Gasteiger partial charge >= 0.3 is 0 Å². The summed E-state index contributed by atoms with van der Waals surface area (Å²) in [6, 6.07) is 0.258. The van der Waals surface area contributed by atoms with Crippen LogP contribution in [0.4, 0.5) is 0 Å². The number of hydrogen-bond donors (Lipinski definition) is 2. The number of carbonyl (C=O) groups is 1. The lowest BCUT2D eigenvalue weighted by Gasteiger charge is -2.25. The van der Waals surface area contributed by atoms with Gasteiger partial charge in [-0.05, 0) is 48.9 Å². The van der Waals surface area contributed by atoms with Gasteiger partial charge in [-0.15, -0.1) is 0 Å². The molecule has 0 spiro atoms. The zero-order valence-electron chi connectivity index (χ0n) is 16.6. The third kappa shape index (κ3) is 4.22. The molecule has 1 aromatic heterocycles. The van der Waals surface area contributed by atoms with E-state index in [-0.39, 0.29) is 11.9 Å². The average Bonchev–Trinajstić information content (AvgIpc) is 3.21. The van der Waals surface area contributed by atoms with Gasteiger partial charge in [0.25, 0.3) is 5.91 Å². The Kier molecular flexibility index (Phi) is 5.90.